The van der Waals surface area contributed by atoms with E-state index < -0.39 is 0 Å². The average Bonchev–Trinajstić information content (AvgIpc) is 2.88. The van der Waals surface area contributed by atoms with Crippen molar-refractivity contribution in [3.05, 3.63) is 59.7 Å². The van der Waals surface area contributed by atoms with E-state index in [1.54, 1.807) is 48.6 Å². The van der Waals surface area contributed by atoms with Crippen LogP contribution in [0.15, 0.2) is 48.6 Å². The molecule has 0 aliphatic heterocycles. The Balaban J connectivity index is 2.00. The Hall–Kier alpha value is -3.66. The zero-order valence-corrected chi connectivity index (χ0v) is 20.6. The zero-order valence-electron chi connectivity index (χ0n) is 20.6. The van der Waals surface area contributed by atoms with E-state index >= 15 is 0 Å². The quantitative estimate of drug-likeness (QED) is 0.221. The first kappa shape index (κ1) is 28.6. The van der Waals surface area contributed by atoms with Crippen molar-refractivity contribution < 1.29 is 28.5 Å². The van der Waals surface area contributed by atoms with Crippen molar-refractivity contribution in [2.75, 3.05) is 46.1 Å². The molecule has 6 N–H and O–H groups in total. The Labute approximate surface area is 211 Å². The van der Waals surface area contributed by atoms with Crippen LogP contribution in [0.3, 0.4) is 0 Å². The molecular formula is C27H35N3O6. The predicted octanol–water partition coefficient (Wildman–Crippen LogP) is 2.35. The van der Waals surface area contributed by atoms with Gasteiger partial charge in [-0.25, -0.2) is 0 Å². The van der Waals surface area contributed by atoms with Gasteiger partial charge in [0.1, 0.15) is 19.8 Å². The molecule has 0 aliphatic rings. The summed E-state index contributed by atoms with van der Waals surface area (Å²) in [5.74, 6) is 1.56. The minimum absolute atomic E-state index is 0.253. The Morgan fingerprint density at radius 3 is 1.50 bits per heavy atom. The van der Waals surface area contributed by atoms with Crippen molar-refractivity contribution in [2.24, 2.45) is 17.2 Å². The van der Waals surface area contributed by atoms with Crippen molar-refractivity contribution in [1.82, 2.24) is 0 Å². The van der Waals surface area contributed by atoms with Crippen LogP contribution in [0, 0.1) is 0 Å². The van der Waals surface area contributed by atoms with Crippen LogP contribution in [-0.2, 0) is 9.59 Å². The number of hydrogen-bond acceptors (Lipinski definition) is 9. The second-order valence-electron chi connectivity index (χ2n) is 7.53. The van der Waals surface area contributed by atoms with Gasteiger partial charge < -0.3 is 36.1 Å². The molecule has 2 aromatic rings. The first-order valence-electron chi connectivity index (χ1n) is 11.8. The topological polar surface area (TPSA) is 149 Å². The van der Waals surface area contributed by atoms with E-state index in [4.69, 9.17) is 36.1 Å². The van der Waals surface area contributed by atoms with E-state index in [-0.39, 0.29) is 18.0 Å². The van der Waals surface area contributed by atoms with E-state index in [0.29, 0.717) is 69.1 Å². The number of benzene rings is 2. The highest BCUT2D eigenvalue weighted by Crippen LogP contribution is 2.30. The smallest absolute Gasteiger partial charge is 0.163 e. The van der Waals surface area contributed by atoms with Crippen LogP contribution < -0.4 is 36.1 Å². The van der Waals surface area contributed by atoms with Gasteiger partial charge in [0.05, 0.1) is 13.0 Å². The molecule has 0 atom stereocenters. The molecule has 194 valence electrons. The Kier molecular flexibility index (Phi) is 12.8. The molecule has 0 aliphatic carbocycles. The highest BCUT2D eigenvalue weighted by molar-refractivity contribution is 6.10. The van der Waals surface area contributed by atoms with E-state index in [1.165, 1.54) is 12.2 Å². The van der Waals surface area contributed by atoms with Crippen molar-refractivity contribution in [2.45, 2.75) is 13.3 Å². The predicted molar refractivity (Wildman–Crippen MR) is 140 cm³/mol. The minimum Gasteiger partial charge on any atom is -0.490 e. The lowest BCUT2D eigenvalue weighted by Crippen LogP contribution is -2.13. The molecule has 2 aromatic carbocycles. The van der Waals surface area contributed by atoms with E-state index in [0.717, 1.165) is 11.1 Å². The molecule has 0 radical (unpaired) electrons. The maximum atomic E-state index is 12.3. The fourth-order valence-electron chi connectivity index (χ4n) is 3.05. The summed E-state index contributed by atoms with van der Waals surface area (Å²) in [5.41, 5.74) is 18.0. The molecule has 0 spiro atoms. The van der Waals surface area contributed by atoms with E-state index in [9.17, 15) is 9.59 Å². The summed E-state index contributed by atoms with van der Waals surface area (Å²) in [6, 6.07) is 10.6. The van der Waals surface area contributed by atoms with E-state index in [1.807, 2.05) is 6.92 Å². The highest BCUT2D eigenvalue weighted by atomic mass is 16.5. The molecule has 36 heavy (non-hydrogen) atoms. The molecule has 2 rings (SSSR count). The fraction of sp³-hybridized carbons (Fsp3) is 0.333. The van der Waals surface area contributed by atoms with Crippen LogP contribution in [0.5, 0.6) is 23.0 Å². The van der Waals surface area contributed by atoms with Gasteiger partial charge in [0, 0.05) is 19.6 Å². The third-order valence-corrected chi connectivity index (χ3v) is 4.63. The number of hydrogen-bond donors (Lipinski definition) is 3. The maximum Gasteiger partial charge on any atom is 0.163 e. The number of carbonyl (C=O) groups is 2. The molecule has 0 bridgehead atoms. The van der Waals surface area contributed by atoms with Crippen LogP contribution in [0.1, 0.15) is 24.5 Å². The second kappa shape index (κ2) is 16.1. The van der Waals surface area contributed by atoms with Crippen molar-refractivity contribution in [3.8, 4) is 23.0 Å². The normalized spacial score (nSPS) is 11.1. The Morgan fingerprint density at radius 1 is 0.667 bits per heavy atom. The maximum absolute atomic E-state index is 12.3. The number of nitrogens with two attached hydrogens (primary N) is 3. The van der Waals surface area contributed by atoms with Crippen molar-refractivity contribution in [1.29, 1.82) is 0 Å². The summed E-state index contributed by atoms with van der Waals surface area (Å²) in [6.07, 6.45) is 5.74. The second-order valence-corrected chi connectivity index (χ2v) is 7.53. The third kappa shape index (κ3) is 9.91. The Bertz CT molecular complexity index is 1050. The standard InChI is InChI=1S/C27H35N3O6/c1-2-33-26-17-20(5-9-24(26)34-14-11-28)3-7-22(31)19-23(32)8-4-21-6-10-25(35-15-12-29)27(18-21)36-16-13-30/h3-10,17-18H,2,11-16,19,28-30H2,1H3/b7-3+,8-4+. The first-order chi connectivity index (χ1) is 17.5. The van der Waals surface area contributed by atoms with E-state index in [2.05, 4.69) is 0 Å². The minimum atomic E-state index is -0.321. The zero-order chi connectivity index (χ0) is 26.2. The van der Waals surface area contributed by atoms with Crippen LogP contribution in [0.25, 0.3) is 12.2 Å². The highest BCUT2D eigenvalue weighted by Gasteiger charge is 2.09. The van der Waals surface area contributed by atoms with Gasteiger partial charge in [-0.2, -0.15) is 0 Å². The molecule has 0 unspecified atom stereocenters. The van der Waals surface area contributed by atoms with Gasteiger partial charge >= 0.3 is 0 Å². The summed E-state index contributed by atoms with van der Waals surface area (Å²) in [7, 11) is 0. The van der Waals surface area contributed by atoms with Crippen LogP contribution in [-0.4, -0.2) is 57.6 Å². The molecular weight excluding hydrogens is 462 g/mol. The lowest BCUT2D eigenvalue weighted by atomic mass is 10.1. The first-order valence-corrected chi connectivity index (χ1v) is 11.8. The van der Waals surface area contributed by atoms with Gasteiger partial charge in [0.2, 0.25) is 0 Å². The summed E-state index contributed by atoms with van der Waals surface area (Å²) < 4.78 is 22.4. The van der Waals surface area contributed by atoms with Crippen molar-refractivity contribution >= 4 is 23.7 Å². The lowest BCUT2D eigenvalue weighted by molar-refractivity contribution is -0.121. The number of ether oxygens (including phenoxy) is 4. The van der Waals surface area contributed by atoms with Crippen LogP contribution in [0.4, 0.5) is 0 Å². The molecule has 0 saturated carbocycles. The van der Waals surface area contributed by atoms with Crippen LogP contribution in [0.2, 0.25) is 0 Å². The number of rotatable bonds is 17. The van der Waals surface area contributed by atoms with Gasteiger partial charge in [-0.3, -0.25) is 9.59 Å². The molecule has 9 nitrogen and oxygen atoms in total. The Morgan fingerprint density at radius 2 is 1.08 bits per heavy atom. The number of ketones is 2. The average molecular weight is 498 g/mol. The van der Waals surface area contributed by atoms with Gasteiger partial charge in [-0.15, -0.1) is 0 Å². The van der Waals surface area contributed by atoms with Gasteiger partial charge in [-0.1, -0.05) is 24.3 Å². The third-order valence-electron chi connectivity index (χ3n) is 4.63. The monoisotopic (exact) mass is 497 g/mol. The fourth-order valence-corrected chi connectivity index (χ4v) is 3.05. The van der Waals surface area contributed by atoms with Crippen LogP contribution >= 0.6 is 0 Å². The SMILES string of the molecule is CCOc1cc(/C=C/C(=O)CC(=O)/C=C/c2ccc(OCCN)c(OCCN)c2)ccc1OCCN. The molecule has 0 saturated heterocycles. The van der Waals surface area contributed by atoms with Gasteiger partial charge in [0.15, 0.2) is 34.6 Å². The lowest BCUT2D eigenvalue weighted by Gasteiger charge is -2.12. The summed E-state index contributed by atoms with van der Waals surface area (Å²) in [6.45, 7) is 4.50. The summed E-state index contributed by atoms with van der Waals surface area (Å²) >= 11 is 0. The molecule has 0 fully saturated rings. The molecule has 9 heteroatoms. The van der Waals surface area contributed by atoms with Gasteiger partial charge in [0.25, 0.3) is 0 Å². The molecule has 0 heterocycles. The molecule has 0 amide bonds. The van der Waals surface area contributed by atoms with Gasteiger partial charge in [-0.05, 0) is 54.5 Å². The summed E-state index contributed by atoms with van der Waals surface area (Å²) in [4.78, 5) is 24.6. The largest absolute Gasteiger partial charge is 0.490 e. The van der Waals surface area contributed by atoms with Crippen molar-refractivity contribution in [3.63, 3.8) is 0 Å². The molecule has 0 aromatic heterocycles. The number of allylic oxidation sites excluding steroid dienone is 2. The number of carbonyl (C=O) groups excluding carboxylic acids is 2. The summed E-state index contributed by atoms with van der Waals surface area (Å²) in [5, 5.41) is 0.